The lowest BCUT2D eigenvalue weighted by atomic mass is 9.75. The second kappa shape index (κ2) is 36.6. The molecule has 0 aliphatic rings. The Balaban J connectivity index is 3.64. The molecule has 0 heterocycles. The zero-order chi connectivity index (χ0) is 60.8. The van der Waals surface area contributed by atoms with Crippen molar-refractivity contribution >= 4 is 11.9 Å². The van der Waals surface area contributed by atoms with Crippen molar-refractivity contribution in [3.8, 4) is 57.5 Å². The molecular formula is C59H96O22. The molecule has 81 heavy (non-hydrogen) atoms. The maximum absolute atomic E-state index is 15.4. The predicted molar refractivity (Wildman–Crippen MR) is 301 cm³/mol. The molecule has 2 aromatic carbocycles. The Morgan fingerprint density at radius 1 is 0.272 bits per heavy atom. The number of carbonyl (C=O) groups is 2. The summed E-state index contributed by atoms with van der Waals surface area (Å²) < 4.78 is 127. The van der Waals surface area contributed by atoms with Crippen LogP contribution in [0.1, 0.15) is 150 Å². The van der Waals surface area contributed by atoms with E-state index in [0.717, 1.165) is 0 Å². The highest BCUT2D eigenvalue weighted by atomic mass is 16.9. The molecule has 0 N–H and O–H groups in total. The highest BCUT2D eigenvalue weighted by Gasteiger charge is 2.52. The van der Waals surface area contributed by atoms with Crippen LogP contribution in [0.15, 0.2) is 23.0 Å². The van der Waals surface area contributed by atoms with E-state index in [4.69, 9.17) is 94.7 Å². The zero-order valence-electron chi connectivity index (χ0n) is 52.2. The Morgan fingerprint density at radius 3 is 0.642 bits per heavy atom. The van der Waals surface area contributed by atoms with Crippen molar-refractivity contribution in [2.45, 2.75) is 156 Å². The van der Waals surface area contributed by atoms with Crippen LogP contribution in [0.5, 0.6) is 57.5 Å². The van der Waals surface area contributed by atoms with Crippen molar-refractivity contribution in [1.82, 2.24) is 0 Å². The van der Waals surface area contributed by atoms with Gasteiger partial charge in [-0.15, -0.1) is 0 Å². The minimum Gasteiger partial charge on any atom is -0.489 e. The molecule has 0 saturated carbocycles. The summed E-state index contributed by atoms with van der Waals surface area (Å²) in [5, 5.41) is 0. The first kappa shape index (κ1) is 71.3. The van der Waals surface area contributed by atoms with Gasteiger partial charge >= 0.3 is 23.9 Å². The molecule has 0 aliphatic heterocycles. The molecule has 0 fully saturated rings. The molecule has 0 unspecified atom stereocenters. The second-order valence-corrected chi connectivity index (χ2v) is 16.7. The van der Waals surface area contributed by atoms with Crippen LogP contribution < -0.4 is 47.4 Å². The van der Waals surface area contributed by atoms with Gasteiger partial charge in [-0.2, -0.15) is 0 Å². The fourth-order valence-corrected chi connectivity index (χ4v) is 8.63. The van der Waals surface area contributed by atoms with Gasteiger partial charge in [0.05, 0.1) is 90.4 Å². The highest BCUT2D eigenvalue weighted by molar-refractivity contribution is 5.94. The van der Waals surface area contributed by atoms with Gasteiger partial charge in [-0.25, -0.2) is 9.59 Å². The third kappa shape index (κ3) is 17.2. The quantitative estimate of drug-likeness (QED) is 0.0198. The minimum atomic E-state index is -2.17. The van der Waals surface area contributed by atoms with E-state index in [-0.39, 0.29) is 199 Å². The first-order valence-electron chi connectivity index (χ1n) is 28.8. The first-order chi connectivity index (χ1) is 39.0. The van der Waals surface area contributed by atoms with Gasteiger partial charge in [-0.05, 0) is 125 Å². The van der Waals surface area contributed by atoms with Crippen LogP contribution in [0.4, 0.5) is 0 Å². The SMILES string of the molecule is CCOC(OCC)=C(C(=O)Oc1c(OCC)c(OCC)c(C(C)(C)c2c(OCC)c(OCC)c(OC(=O)C(=C(OCC)OCC)C(OCC)(OCC)OCC)c(OCC)c2OCC)c(OCC)c1OCC)C(OCC)(OCC)OCC. The van der Waals surface area contributed by atoms with Crippen LogP contribution in [0, 0.1) is 0 Å². The Morgan fingerprint density at radius 2 is 0.469 bits per heavy atom. The maximum atomic E-state index is 15.4. The van der Waals surface area contributed by atoms with Crippen molar-refractivity contribution in [3.05, 3.63) is 34.2 Å². The lowest BCUT2D eigenvalue weighted by Gasteiger charge is -2.36. The number of hydrogen-bond acceptors (Lipinski definition) is 22. The summed E-state index contributed by atoms with van der Waals surface area (Å²) >= 11 is 0. The molecule has 2 rings (SSSR count). The van der Waals surface area contributed by atoms with E-state index in [2.05, 4.69) is 0 Å². The number of ether oxygens (including phenoxy) is 20. The fraction of sp³-hybridized carbons (Fsp3) is 0.695. The summed E-state index contributed by atoms with van der Waals surface area (Å²) in [5.41, 5.74) is -1.53. The van der Waals surface area contributed by atoms with Crippen molar-refractivity contribution < 1.29 is 104 Å². The summed E-state index contributed by atoms with van der Waals surface area (Å²) in [6.45, 7) is 36.1. The van der Waals surface area contributed by atoms with Gasteiger partial charge in [0.15, 0.2) is 23.0 Å². The van der Waals surface area contributed by atoms with E-state index in [1.54, 1.807) is 125 Å². The number of carbonyl (C=O) groups excluding carboxylic acids is 2. The van der Waals surface area contributed by atoms with Crippen LogP contribution in [0.2, 0.25) is 0 Å². The number of benzene rings is 2. The van der Waals surface area contributed by atoms with Gasteiger partial charge < -0.3 is 94.7 Å². The lowest BCUT2D eigenvalue weighted by Crippen LogP contribution is -2.46. The fourth-order valence-electron chi connectivity index (χ4n) is 8.63. The van der Waals surface area contributed by atoms with Crippen molar-refractivity contribution in [1.29, 1.82) is 0 Å². The molecule has 2 aromatic rings. The molecule has 0 saturated heterocycles. The van der Waals surface area contributed by atoms with Crippen LogP contribution >= 0.6 is 0 Å². The van der Waals surface area contributed by atoms with E-state index in [1.165, 1.54) is 0 Å². The van der Waals surface area contributed by atoms with Crippen LogP contribution in [-0.4, -0.2) is 143 Å². The van der Waals surface area contributed by atoms with E-state index in [9.17, 15) is 0 Å². The molecule has 464 valence electrons. The molecule has 0 atom stereocenters. The topological polar surface area (TPSA) is 219 Å². The molecule has 0 spiro atoms. The summed E-state index contributed by atoms with van der Waals surface area (Å²) in [4.78, 5) is 30.7. The second-order valence-electron chi connectivity index (χ2n) is 16.7. The molecule has 0 aliphatic carbocycles. The molecule has 22 nitrogen and oxygen atoms in total. The first-order valence-corrected chi connectivity index (χ1v) is 28.8. The highest BCUT2D eigenvalue weighted by Crippen LogP contribution is 2.64. The third-order valence-corrected chi connectivity index (χ3v) is 11.0. The number of hydrogen-bond donors (Lipinski definition) is 0. The Kier molecular flexibility index (Phi) is 32.3. The Labute approximate surface area is 481 Å². The molecule has 0 aromatic heterocycles. The minimum absolute atomic E-state index is 0.0354. The third-order valence-electron chi connectivity index (χ3n) is 11.0. The van der Waals surface area contributed by atoms with Gasteiger partial charge in [0.1, 0.15) is 0 Å². The molecule has 0 bridgehead atoms. The van der Waals surface area contributed by atoms with E-state index in [0.29, 0.717) is 11.1 Å². The van der Waals surface area contributed by atoms with Crippen LogP contribution in [-0.2, 0) is 62.4 Å². The smallest absolute Gasteiger partial charge is 0.355 e. The summed E-state index contributed by atoms with van der Waals surface area (Å²) in [5.74, 6) is -7.36. The number of rotatable bonds is 44. The van der Waals surface area contributed by atoms with Crippen molar-refractivity contribution in [2.75, 3.05) is 119 Å². The summed E-state index contributed by atoms with van der Waals surface area (Å²) in [6.07, 6.45) is 0. The maximum Gasteiger partial charge on any atom is 0.355 e. The van der Waals surface area contributed by atoms with Crippen molar-refractivity contribution in [3.63, 3.8) is 0 Å². The van der Waals surface area contributed by atoms with Gasteiger partial charge in [0.2, 0.25) is 45.6 Å². The standard InChI is InChI=1S/C59H96O22/c1-21-62-43-39(44(63-22-2)48(67-26-6)51(47(43)66-25-5)80-53(60)41(55(70-29-9)71-30-10)58(74-33-13,75-34-14)76-35-15)57(19,20)40-45(64-23-3)49(68-27-7)52(50(69-28-8)46(40)65-24-4)81-54(61)42(56(72-31-11)73-32-12)59(77-36-16,78-37-17)79-38-18/h21-38H2,1-20H3. The van der Waals surface area contributed by atoms with Gasteiger partial charge in [0, 0.05) is 45.1 Å². The van der Waals surface area contributed by atoms with Crippen LogP contribution in [0.25, 0.3) is 0 Å². The van der Waals surface area contributed by atoms with E-state index in [1.807, 2.05) is 13.8 Å². The van der Waals surface area contributed by atoms with Gasteiger partial charge in [-0.3, -0.25) is 0 Å². The Hall–Kier alpha value is -5.78. The molecule has 0 amide bonds. The zero-order valence-corrected chi connectivity index (χ0v) is 52.2. The van der Waals surface area contributed by atoms with Gasteiger partial charge in [-0.1, -0.05) is 13.8 Å². The molecule has 22 heteroatoms. The number of esters is 2. The molecule has 0 radical (unpaired) electrons. The van der Waals surface area contributed by atoms with Crippen molar-refractivity contribution in [2.24, 2.45) is 0 Å². The average Bonchev–Trinajstić information content (AvgIpc) is 3.52. The summed E-state index contributed by atoms with van der Waals surface area (Å²) in [7, 11) is 0. The average molecular weight is 1160 g/mol. The largest absolute Gasteiger partial charge is 0.489 e. The predicted octanol–water partition coefficient (Wildman–Crippen LogP) is 11.1. The van der Waals surface area contributed by atoms with E-state index < -0.39 is 29.3 Å². The van der Waals surface area contributed by atoms with Crippen LogP contribution in [0.3, 0.4) is 0 Å². The lowest BCUT2D eigenvalue weighted by molar-refractivity contribution is -0.354. The monoisotopic (exact) mass is 1160 g/mol. The normalized spacial score (nSPS) is 11.5. The van der Waals surface area contributed by atoms with Gasteiger partial charge in [0.25, 0.3) is 11.9 Å². The summed E-state index contributed by atoms with van der Waals surface area (Å²) in [6, 6.07) is 0. The Bertz CT molecular complexity index is 2010. The van der Waals surface area contributed by atoms with E-state index >= 15 is 9.59 Å². The molecular weight excluding hydrogens is 1060 g/mol.